The zero-order valence-corrected chi connectivity index (χ0v) is 22.8. The Balaban J connectivity index is 2.93. The summed E-state index contributed by atoms with van der Waals surface area (Å²) in [6.45, 7) is 3.59. The quantitative estimate of drug-likeness (QED) is 0.0865. The van der Waals surface area contributed by atoms with E-state index >= 15 is 0 Å². The molecule has 0 aliphatic heterocycles. The average Bonchev–Trinajstić information content (AvgIpc) is 2.76. The van der Waals surface area contributed by atoms with Gasteiger partial charge in [-0.3, -0.25) is 19.4 Å². The third-order valence-corrected chi connectivity index (χ3v) is 6.22. The van der Waals surface area contributed by atoms with Crippen LogP contribution in [0, 0.1) is 5.92 Å². The molecule has 0 bridgehead atoms. The van der Waals surface area contributed by atoms with E-state index in [-0.39, 0.29) is 37.5 Å². The number of rotatable bonds is 17. The number of nitrogens with two attached hydrogens (primary N) is 1. The number of nitrogens with one attached hydrogen (secondary N) is 3. The van der Waals surface area contributed by atoms with Gasteiger partial charge in [-0.05, 0) is 42.9 Å². The summed E-state index contributed by atoms with van der Waals surface area (Å²) in [6.07, 6.45) is 0.894. The predicted molar refractivity (Wildman–Crippen MR) is 136 cm³/mol. The van der Waals surface area contributed by atoms with Crippen molar-refractivity contribution in [3.05, 3.63) is 29.8 Å². The maximum Gasteiger partial charge on any atom is 0.524 e. The van der Waals surface area contributed by atoms with E-state index in [0.29, 0.717) is 18.4 Å². The molecular formula is C21H36N4O11P2. The SMILES string of the molecule is CC(C)C[C@H](NC(=O)[C@H](Cc1ccc(OP(=O)(O)O)cc1)NC(=O)[C@@H](N)CCCCNP(=O)(O)O)C(=O)O. The molecular weight excluding hydrogens is 546 g/mol. The molecule has 0 aliphatic rings. The van der Waals surface area contributed by atoms with Gasteiger partial charge in [0.25, 0.3) is 0 Å². The number of phosphoric ester groups is 1. The van der Waals surface area contributed by atoms with Gasteiger partial charge in [-0.25, -0.2) is 19.0 Å². The molecule has 0 fully saturated rings. The number of phosphoric acid groups is 1. The number of amides is 2. The van der Waals surface area contributed by atoms with E-state index < -0.39 is 51.5 Å². The minimum atomic E-state index is -4.77. The molecule has 3 atom stereocenters. The van der Waals surface area contributed by atoms with Crippen molar-refractivity contribution in [2.24, 2.45) is 11.7 Å². The van der Waals surface area contributed by atoms with Gasteiger partial charge in [-0.15, -0.1) is 0 Å². The van der Waals surface area contributed by atoms with Crippen LogP contribution in [0.2, 0.25) is 0 Å². The van der Waals surface area contributed by atoms with Crippen molar-refractivity contribution < 1.29 is 52.7 Å². The normalized spacial score (nSPS) is 14.4. The van der Waals surface area contributed by atoms with Crippen molar-refractivity contribution >= 4 is 33.4 Å². The standard InChI is InChI=1S/C21H36N4O11P2/c1-13(2)11-18(21(28)29)25-20(27)17(12-14-6-8-15(9-7-14)36-38(33,34)35)24-19(26)16(22)5-3-4-10-23-37(30,31)32/h6-9,13,16-18H,3-5,10-12,22H2,1-2H3,(H,24,26)(H,25,27)(H,28,29)(H2,33,34,35)(H3,23,30,31,32)/t16-,17-,18-/m0/s1. The summed E-state index contributed by atoms with van der Waals surface area (Å²) in [5.41, 5.74) is 6.39. The van der Waals surface area contributed by atoms with Gasteiger partial charge >= 0.3 is 21.5 Å². The molecule has 0 aromatic heterocycles. The molecule has 0 radical (unpaired) electrons. The van der Waals surface area contributed by atoms with Gasteiger partial charge in [-0.2, -0.15) is 0 Å². The highest BCUT2D eigenvalue weighted by atomic mass is 31.2. The second-order valence-electron chi connectivity index (χ2n) is 9.07. The minimum absolute atomic E-state index is 0.0117. The Morgan fingerprint density at radius 1 is 0.947 bits per heavy atom. The first-order chi connectivity index (χ1) is 17.5. The van der Waals surface area contributed by atoms with Gasteiger partial charge in [0.05, 0.1) is 6.04 Å². The Morgan fingerprint density at radius 2 is 1.53 bits per heavy atom. The number of benzene rings is 1. The van der Waals surface area contributed by atoms with E-state index in [1.165, 1.54) is 24.3 Å². The van der Waals surface area contributed by atoms with Gasteiger partial charge in [0, 0.05) is 13.0 Å². The molecule has 0 aliphatic carbocycles. The fourth-order valence-corrected chi connectivity index (χ4v) is 4.20. The summed E-state index contributed by atoms with van der Waals surface area (Å²) >= 11 is 0. The molecule has 0 saturated heterocycles. The molecule has 15 nitrogen and oxygen atoms in total. The van der Waals surface area contributed by atoms with Crippen molar-refractivity contribution in [1.82, 2.24) is 15.7 Å². The van der Waals surface area contributed by atoms with Gasteiger partial charge < -0.3 is 35.8 Å². The lowest BCUT2D eigenvalue weighted by atomic mass is 10.0. The summed E-state index contributed by atoms with van der Waals surface area (Å²) in [7, 11) is -9.12. The second kappa shape index (κ2) is 15.3. The number of carbonyl (C=O) groups is 3. The molecule has 216 valence electrons. The van der Waals surface area contributed by atoms with Gasteiger partial charge in [-0.1, -0.05) is 32.4 Å². The molecule has 17 heteroatoms. The zero-order chi connectivity index (χ0) is 29.1. The first-order valence-electron chi connectivity index (χ1n) is 11.7. The summed E-state index contributed by atoms with van der Waals surface area (Å²) < 4.78 is 26.3. The van der Waals surface area contributed by atoms with Crippen molar-refractivity contribution in [3.63, 3.8) is 0 Å². The molecule has 10 N–H and O–H groups in total. The molecule has 0 unspecified atom stereocenters. The molecule has 1 aromatic rings. The Labute approximate surface area is 220 Å². The number of unbranched alkanes of at least 4 members (excludes halogenated alkanes) is 1. The van der Waals surface area contributed by atoms with Crippen LogP contribution < -0.4 is 26.0 Å². The Bertz CT molecular complexity index is 1030. The minimum Gasteiger partial charge on any atom is -0.480 e. The van der Waals surface area contributed by atoms with Gasteiger partial charge in [0.2, 0.25) is 11.8 Å². The summed E-state index contributed by atoms with van der Waals surface area (Å²) in [5.74, 6) is -2.85. The number of hydrogen-bond acceptors (Lipinski definition) is 7. The van der Waals surface area contributed by atoms with Crippen molar-refractivity contribution in [2.75, 3.05) is 6.54 Å². The van der Waals surface area contributed by atoms with Crippen LogP contribution in [0.4, 0.5) is 0 Å². The second-order valence-corrected chi connectivity index (χ2v) is 11.6. The van der Waals surface area contributed by atoms with E-state index in [4.69, 9.17) is 25.3 Å². The van der Waals surface area contributed by atoms with Crippen molar-refractivity contribution in [2.45, 2.75) is 64.1 Å². The summed E-state index contributed by atoms with van der Waals surface area (Å²) in [6, 6.07) is 1.90. The molecule has 0 saturated carbocycles. The first-order valence-corrected chi connectivity index (χ1v) is 14.8. The maximum atomic E-state index is 13.0. The lowest BCUT2D eigenvalue weighted by Crippen LogP contribution is -2.55. The van der Waals surface area contributed by atoms with Crippen molar-refractivity contribution in [3.8, 4) is 5.75 Å². The van der Waals surface area contributed by atoms with Crippen LogP contribution in [0.3, 0.4) is 0 Å². The van der Waals surface area contributed by atoms with E-state index in [1.807, 2.05) is 5.09 Å². The number of aliphatic carboxylic acids is 1. The van der Waals surface area contributed by atoms with Crippen LogP contribution >= 0.6 is 15.6 Å². The smallest absolute Gasteiger partial charge is 0.480 e. The molecule has 0 spiro atoms. The number of carbonyl (C=O) groups excluding carboxylic acids is 2. The highest BCUT2D eigenvalue weighted by Crippen LogP contribution is 2.37. The maximum absolute atomic E-state index is 13.0. The van der Waals surface area contributed by atoms with Crippen LogP contribution in [0.1, 0.15) is 45.1 Å². The lowest BCUT2D eigenvalue weighted by Gasteiger charge is -2.24. The zero-order valence-electron chi connectivity index (χ0n) is 21.0. The fourth-order valence-electron chi connectivity index (χ4n) is 3.36. The Morgan fingerprint density at radius 3 is 2.03 bits per heavy atom. The monoisotopic (exact) mass is 582 g/mol. The summed E-state index contributed by atoms with van der Waals surface area (Å²) in [4.78, 5) is 72.7. The highest BCUT2D eigenvalue weighted by molar-refractivity contribution is 7.49. The topological polar surface area (TPSA) is 258 Å². The number of hydrogen-bond donors (Lipinski definition) is 9. The van der Waals surface area contributed by atoms with Crippen LogP contribution in [0.15, 0.2) is 24.3 Å². The number of carboxylic acids is 1. The van der Waals surface area contributed by atoms with E-state index in [9.17, 15) is 28.6 Å². The summed E-state index contributed by atoms with van der Waals surface area (Å²) in [5, 5.41) is 16.4. The first kappa shape index (κ1) is 33.7. The average molecular weight is 582 g/mol. The molecule has 1 aromatic carbocycles. The lowest BCUT2D eigenvalue weighted by molar-refractivity contribution is -0.142. The predicted octanol–water partition coefficient (Wildman–Crippen LogP) is -0.0192. The number of carboxylic acid groups (broad SMARTS) is 1. The van der Waals surface area contributed by atoms with Crippen molar-refractivity contribution in [1.29, 1.82) is 0 Å². The van der Waals surface area contributed by atoms with E-state index in [1.54, 1.807) is 13.8 Å². The van der Waals surface area contributed by atoms with E-state index in [0.717, 1.165) is 0 Å². The van der Waals surface area contributed by atoms with E-state index in [2.05, 4.69) is 15.2 Å². The Hall–Kier alpha value is -2.35. The molecule has 1 rings (SSSR count). The highest BCUT2D eigenvalue weighted by Gasteiger charge is 2.29. The third-order valence-electron chi connectivity index (χ3n) is 5.14. The molecule has 2 amide bonds. The fraction of sp³-hybridized carbons (Fsp3) is 0.571. The van der Waals surface area contributed by atoms with Crippen LogP contribution in [-0.2, 0) is 29.9 Å². The molecule has 0 heterocycles. The van der Waals surface area contributed by atoms with Crippen LogP contribution in [0.25, 0.3) is 0 Å². The van der Waals surface area contributed by atoms with Gasteiger partial charge in [0.15, 0.2) is 0 Å². The third kappa shape index (κ3) is 14.6. The van der Waals surface area contributed by atoms with Gasteiger partial charge in [0.1, 0.15) is 17.8 Å². The Kier molecular flexibility index (Phi) is 13.6. The van der Waals surface area contributed by atoms with Crippen LogP contribution in [-0.4, -0.2) is 67.1 Å². The molecule has 38 heavy (non-hydrogen) atoms. The largest absolute Gasteiger partial charge is 0.524 e. The van der Waals surface area contributed by atoms with Crippen LogP contribution in [0.5, 0.6) is 5.75 Å².